The van der Waals surface area contributed by atoms with E-state index in [9.17, 15) is 4.39 Å². The molecule has 2 nitrogen and oxygen atoms in total. The van der Waals surface area contributed by atoms with Crippen LogP contribution in [0.5, 0.6) is 5.75 Å². The third-order valence-electron chi connectivity index (χ3n) is 2.88. The van der Waals surface area contributed by atoms with E-state index >= 15 is 0 Å². The number of ether oxygens (including phenoxy) is 1. The van der Waals surface area contributed by atoms with Crippen molar-refractivity contribution in [3.8, 4) is 5.75 Å². The van der Waals surface area contributed by atoms with Crippen LogP contribution in [0, 0.1) is 12.7 Å². The molecule has 0 saturated carbocycles. The Bertz CT molecular complexity index is 574. The molecule has 0 spiro atoms. The Kier molecular flexibility index (Phi) is 5.39. The van der Waals surface area contributed by atoms with Gasteiger partial charge in [0.1, 0.15) is 18.2 Å². The first-order valence-corrected chi connectivity index (χ1v) is 6.87. The minimum Gasteiger partial charge on any atom is -0.492 e. The van der Waals surface area contributed by atoms with Crippen LogP contribution in [0.1, 0.15) is 11.1 Å². The second kappa shape index (κ2) is 7.27. The van der Waals surface area contributed by atoms with Crippen LogP contribution >= 0.6 is 11.6 Å². The predicted octanol–water partition coefficient (Wildman–Crippen LogP) is 3.96. The molecule has 0 radical (unpaired) electrons. The summed E-state index contributed by atoms with van der Waals surface area (Å²) < 4.78 is 18.8. The molecule has 0 aliphatic carbocycles. The molecule has 106 valence electrons. The van der Waals surface area contributed by atoms with Gasteiger partial charge < -0.3 is 10.1 Å². The zero-order valence-electron chi connectivity index (χ0n) is 11.3. The Hall–Kier alpha value is -1.58. The minimum atomic E-state index is -0.387. The molecule has 0 heterocycles. The lowest BCUT2D eigenvalue weighted by Crippen LogP contribution is -2.20. The van der Waals surface area contributed by atoms with E-state index in [2.05, 4.69) is 5.32 Å². The van der Waals surface area contributed by atoms with Crippen LogP contribution in [0.2, 0.25) is 5.02 Å². The zero-order chi connectivity index (χ0) is 14.4. The second-order valence-electron chi connectivity index (χ2n) is 4.55. The molecular weight excluding hydrogens is 277 g/mol. The summed E-state index contributed by atoms with van der Waals surface area (Å²) in [5.74, 6) is 0.470. The molecule has 0 aromatic heterocycles. The van der Waals surface area contributed by atoms with E-state index in [1.54, 1.807) is 12.1 Å². The van der Waals surface area contributed by atoms with Gasteiger partial charge in [-0.05, 0) is 36.2 Å². The van der Waals surface area contributed by atoms with E-state index in [4.69, 9.17) is 16.3 Å². The highest BCUT2D eigenvalue weighted by Gasteiger charge is 2.04. The Labute approximate surface area is 123 Å². The highest BCUT2D eigenvalue weighted by Crippen LogP contribution is 2.19. The van der Waals surface area contributed by atoms with E-state index in [0.29, 0.717) is 19.7 Å². The van der Waals surface area contributed by atoms with Gasteiger partial charge in [-0.2, -0.15) is 0 Å². The van der Waals surface area contributed by atoms with Gasteiger partial charge in [0.2, 0.25) is 0 Å². The van der Waals surface area contributed by atoms with E-state index in [1.165, 1.54) is 11.6 Å². The first kappa shape index (κ1) is 14.8. The second-order valence-corrected chi connectivity index (χ2v) is 4.93. The van der Waals surface area contributed by atoms with Crippen molar-refractivity contribution < 1.29 is 9.13 Å². The highest BCUT2D eigenvalue weighted by atomic mass is 35.5. The zero-order valence-corrected chi connectivity index (χ0v) is 12.1. The van der Waals surface area contributed by atoms with Crippen LogP contribution in [0.25, 0.3) is 0 Å². The molecule has 0 bridgehead atoms. The fourth-order valence-corrected chi connectivity index (χ4v) is 2.05. The van der Waals surface area contributed by atoms with E-state index in [0.717, 1.165) is 11.3 Å². The van der Waals surface area contributed by atoms with Gasteiger partial charge in [0.25, 0.3) is 0 Å². The van der Waals surface area contributed by atoms with Crippen LogP contribution in [-0.2, 0) is 6.54 Å². The standard InChI is InChI=1S/C16H17ClFNO/c1-12-4-2-6-14(10-12)20-9-8-19-11-13-5-3-7-15(18)16(13)17/h2-7,10,19H,8-9,11H2,1H3. The number of aryl methyl sites for hydroxylation is 1. The van der Waals surface area contributed by atoms with Crippen LogP contribution < -0.4 is 10.1 Å². The third kappa shape index (κ3) is 4.22. The molecule has 4 heteroatoms. The van der Waals surface area contributed by atoms with Crippen molar-refractivity contribution in [2.75, 3.05) is 13.2 Å². The van der Waals surface area contributed by atoms with E-state index in [-0.39, 0.29) is 10.8 Å². The van der Waals surface area contributed by atoms with E-state index in [1.807, 2.05) is 31.2 Å². The van der Waals surface area contributed by atoms with Gasteiger partial charge in [0.15, 0.2) is 0 Å². The molecular formula is C16H17ClFNO. The van der Waals surface area contributed by atoms with Crippen molar-refractivity contribution in [3.63, 3.8) is 0 Å². The summed E-state index contributed by atoms with van der Waals surface area (Å²) in [4.78, 5) is 0. The Morgan fingerprint density at radius 2 is 2.00 bits per heavy atom. The van der Waals surface area contributed by atoms with Crippen LogP contribution in [0.15, 0.2) is 42.5 Å². The maximum absolute atomic E-state index is 13.2. The number of nitrogens with one attached hydrogen (secondary N) is 1. The Morgan fingerprint density at radius 1 is 1.20 bits per heavy atom. The average molecular weight is 294 g/mol. The van der Waals surface area contributed by atoms with Gasteiger partial charge in [0.05, 0.1) is 5.02 Å². The SMILES string of the molecule is Cc1cccc(OCCNCc2cccc(F)c2Cl)c1. The summed E-state index contributed by atoms with van der Waals surface area (Å²) in [7, 11) is 0. The van der Waals surface area contributed by atoms with Crippen molar-refractivity contribution in [1.29, 1.82) is 0 Å². The van der Waals surface area contributed by atoms with Gasteiger partial charge in [-0.15, -0.1) is 0 Å². The molecule has 20 heavy (non-hydrogen) atoms. The van der Waals surface area contributed by atoms with Gasteiger partial charge in [0, 0.05) is 13.1 Å². The monoisotopic (exact) mass is 293 g/mol. The van der Waals surface area contributed by atoms with Crippen LogP contribution in [0.4, 0.5) is 4.39 Å². The molecule has 0 fully saturated rings. The van der Waals surface area contributed by atoms with Gasteiger partial charge >= 0.3 is 0 Å². The summed E-state index contributed by atoms with van der Waals surface area (Å²) in [6.45, 7) is 3.77. The fourth-order valence-electron chi connectivity index (χ4n) is 1.85. The topological polar surface area (TPSA) is 21.3 Å². The quantitative estimate of drug-likeness (QED) is 0.814. The first-order valence-electron chi connectivity index (χ1n) is 6.50. The maximum Gasteiger partial charge on any atom is 0.142 e. The summed E-state index contributed by atoms with van der Waals surface area (Å²) in [6.07, 6.45) is 0. The fraction of sp³-hybridized carbons (Fsp3) is 0.250. The van der Waals surface area contributed by atoms with E-state index < -0.39 is 0 Å². The largest absolute Gasteiger partial charge is 0.492 e. The molecule has 1 N–H and O–H groups in total. The Morgan fingerprint density at radius 3 is 2.80 bits per heavy atom. The lowest BCUT2D eigenvalue weighted by molar-refractivity contribution is 0.313. The maximum atomic E-state index is 13.2. The molecule has 0 saturated heterocycles. The minimum absolute atomic E-state index is 0.180. The molecule has 0 unspecified atom stereocenters. The molecule has 0 atom stereocenters. The molecule has 2 aromatic rings. The molecule has 2 rings (SSSR count). The predicted molar refractivity (Wildman–Crippen MR) is 79.8 cm³/mol. The van der Waals surface area contributed by atoms with Gasteiger partial charge in [-0.25, -0.2) is 4.39 Å². The van der Waals surface area contributed by atoms with Crippen molar-refractivity contribution in [2.45, 2.75) is 13.5 Å². The molecule has 0 amide bonds. The normalized spacial score (nSPS) is 10.6. The van der Waals surface area contributed by atoms with Crippen LogP contribution in [0.3, 0.4) is 0 Å². The summed E-state index contributed by atoms with van der Waals surface area (Å²) in [5, 5.41) is 3.36. The summed E-state index contributed by atoms with van der Waals surface area (Å²) in [6, 6.07) is 12.7. The van der Waals surface area contributed by atoms with Crippen molar-refractivity contribution in [1.82, 2.24) is 5.32 Å². The summed E-state index contributed by atoms with van der Waals surface area (Å²) in [5.41, 5.74) is 1.92. The van der Waals surface area contributed by atoms with Crippen molar-refractivity contribution in [2.24, 2.45) is 0 Å². The lowest BCUT2D eigenvalue weighted by Gasteiger charge is -2.09. The number of rotatable bonds is 6. The third-order valence-corrected chi connectivity index (χ3v) is 3.31. The first-order chi connectivity index (χ1) is 9.66. The lowest BCUT2D eigenvalue weighted by atomic mass is 10.2. The smallest absolute Gasteiger partial charge is 0.142 e. The highest BCUT2D eigenvalue weighted by molar-refractivity contribution is 6.31. The molecule has 2 aromatic carbocycles. The van der Waals surface area contributed by atoms with Gasteiger partial charge in [-0.3, -0.25) is 0 Å². The Balaban J connectivity index is 1.73. The van der Waals surface area contributed by atoms with Gasteiger partial charge in [-0.1, -0.05) is 35.9 Å². The van der Waals surface area contributed by atoms with Crippen molar-refractivity contribution in [3.05, 3.63) is 64.4 Å². The number of benzene rings is 2. The van der Waals surface area contributed by atoms with Crippen LogP contribution in [-0.4, -0.2) is 13.2 Å². The number of hydrogen-bond donors (Lipinski definition) is 1. The van der Waals surface area contributed by atoms with Crippen molar-refractivity contribution >= 4 is 11.6 Å². The number of halogens is 2. The number of hydrogen-bond acceptors (Lipinski definition) is 2. The molecule has 0 aliphatic rings. The summed E-state index contributed by atoms with van der Waals surface area (Å²) >= 11 is 5.87. The molecule has 0 aliphatic heterocycles. The average Bonchev–Trinajstić information content (AvgIpc) is 2.43.